The van der Waals surface area contributed by atoms with Crippen LogP contribution in [-0.2, 0) is 18.1 Å². The topological polar surface area (TPSA) is 49.3 Å². The Balaban J connectivity index is 1.89. The molecule has 110 valence electrons. The molecule has 0 bridgehead atoms. The van der Waals surface area contributed by atoms with Gasteiger partial charge < -0.3 is 10.4 Å². The molecule has 2 aromatic carbocycles. The molecule has 0 saturated carbocycles. The lowest BCUT2D eigenvalue weighted by molar-refractivity contribution is 0.0963. The van der Waals surface area contributed by atoms with E-state index < -0.39 is 0 Å². The molecule has 0 saturated heterocycles. The van der Waals surface area contributed by atoms with Gasteiger partial charge in [0.2, 0.25) is 0 Å². The molecule has 0 aliphatic rings. The van der Waals surface area contributed by atoms with Crippen LogP contribution in [0.1, 0.15) is 27.0 Å². The highest BCUT2D eigenvalue weighted by atomic mass is 32.2. The van der Waals surface area contributed by atoms with Crippen LogP contribution < -0.4 is 5.32 Å². The van der Waals surface area contributed by atoms with Crippen LogP contribution in [0.2, 0.25) is 0 Å². The van der Waals surface area contributed by atoms with E-state index in [0.29, 0.717) is 5.56 Å². The number of aliphatic hydroxyl groups is 1. The maximum absolute atomic E-state index is 11.6. The summed E-state index contributed by atoms with van der Waals surface area (Å²) in [5.41, 5.74) is 4.01. The summed E-state index contributed by atoms with van der Waals surface area (Å²) in [5.74, 6) is 1.73. The lowest BCUT2D eigenvalue weighted by atomic mass is 10.1. The second-order valence-corrected chi connectivity index (χ2v) is 5.73. The maximum Gasteiger partial charge on any atom is 0.251 e. The normalized spacial score (nSPS) is 10.4. The molecule has 2 rings (SSSR count). The summed E-state index contributed by atoms with van der Waals surface area (Å²) >= 11 is 1.81. The number of benzene rings is 2. The van der Waals surface area contributed by atoms with Crippen molar-refractivity contribution < 1.29 is 9.90 Å². The van der Waals surface area contributed by atoms with Crippen molar-refractivity contribution in [1.82, 2.24) is 5.32 Å². The first-order valence-electron chi connectivity index (χ1n) is 6.80. The van der Waals surface area contributed by atoms with Crippen LogP contribution >= 0.6 is 11.8 Å². The second-order valence-electron chi connectivity index (χ2n) is 4.75. The molecule has 0 aliphatic heterocycles. The van der Waals surface area contributed by atoms with Crippen molar-refractivity contribution in [3.63, 3.8) is 0 Å². The minimum atomic E-state index is -0.0542. The summed E-state index contributed by atoms with van der Waals surface area (Å²) in [5, 5.41) is 11.6. The molecule has 0 spiro atoms. The molecule has 1 amide bonds. The number of carbonyl (C=O) groups is 1. The van der Waals surface area contributed by atoms with E-state index >= 15 is 0 Å². The molecule has 2 aromatic rings. The molecule has 0 aromatic heterocycles. The van der Waals surface area contributed by atoms with E-state index in [1.54, 1.807) is 18.8 Å². The highest BCUT2D eigenvalue weighted by molar-refractivity contribution is 7.97. The van der Waals surface area contributed by atoms with E-state index in [2.05, 4.69) is 5.32 Å². The third-order valence-electron chi connectivity index (χ3n) is 3.16. The molecular weight excluding hydrogens is 282 g/mol. The quantitative estimate of drug-likeness (QED) is 0.862. The van der Waals surface area contributed by atoms with E-state index in [-0.39, 0.29) is 12.5 Å². The fraction of sp³-hybridized carbons (Fsp3) is 0.235. The van der Waals surface area contributed by atoms with E-state index in [1.807, 2.05) is 48.5 Å². The molecule has 21 heavy (non-hydrogen) atoms. The summed E-state index contributed by atoms with van der Waals surface area (Å²) in [6, 6.07) is 15.7. The van der Waals surface area contributed by atoms with E-state index in [4.69, 9.17) is 5.11 Å². The first-order chi connectivity index (χ1) is 10.2. The average Bonchev–Trinajstić information content (AvgIpc) is 2.55. The maximum atomic E-state index is 11.6. The summed E-state index contributed by atoms with van der Waals surface area (Å²) < 4.78 is 0. The number of hydrogen-bond acceptors (Lipinski definition) is 3. The van der Waals surface area contributed by atoms with Gasteiger partial charge in [0.15, 0.2) is 0 Å². The minimum Gasteiger partial charge on any atom is -0.392 e. The van der Waals surface area contributed by atoms with Crippen molar-refractivity contribution >= 4 is 17.7 Å². The summed E-state index contributed by atoms with van der Waals surface area (Å²) in [7, 11) is 1.64. The van der Waals surface area contributed by atoms with Crippen molar-refractivity contribution in [2.75, 3.05) is 7.05 Å². The largest absolute Gasteiger partial charge is 0.392 e. The first kappa shape index (κ1) is 15.6. The number of thioether (sulfide) groups is 1. The van der Waals surface area contributed by atoms with Crippen molar-refractivity contribution in [2.24, 2.45) is 0 Å². The van der Waals surface area contributed by atoms with Crippen molar-refractivity contribution in [3.05, 3.63) is 70.8 Å². The van der Waals surface area contributed by atoms with Gasteiger partial charge in [0.1, 0.15) is 0 Å². The third-order valence-corrected chi connectivity index (χ3v) is 4.23. The second kappa shape index (κ2) is 7.86. The van der Waals surface area contributed by atoms with Crippen LogP contribution in [-0.4, -0.2) is 18.1 Å². The lowest BCUT2D eigenvalue weighted by Gasteiger charge is -2.05. The van der Waals surface area contributed by atoms with E-state index in [1.165, 1.54) is 5.56 Å². The Labute approximate surface area is 129 Å². The number of hydrogen-bond donors (Lipinski definition) is 2. The highest BCUT2D eigenvalue weighted by Gasteiger charge is 2.03. The molecular formula is C17H19NO2S. The van der Waals surface area contributed by atoms with Gasteiger partial charge in [-0.25, -0.2) is 0 Å². The Morgan fingerprint density at radius 1 is 1.05 bits per heavy atom. The molecule has 0 fully saturated rings. The van der Waals surface area contributed by atoms with Crippen LogP contribution in [0.15, 0.2) is 48.5 Å². The van der Waals surface area contributed by atoms with Crippen LogP contribution in [0.25, 0.3) is 0 Å². The standard InChI is InChI=1S/C17H19NO2S/c1-18-17(20)16-4-2-3-15(9-16)12-21-11-14-7-5-13(10-19)6-8-14/h2-9,19H,10-12H2,1H3,(H,18,20). The van der Waals surface area contributed by atoms with E-state index in [0.717, 1.165) is 22.6 Å². The smallest absolute Gasteiger partial charge is 0.251 e. The predicted octanol–water partition coefficient (Wildman–Crippen LogP) is 2.97. The number of nitrogens with one attached hydrogen (secondary N) is 1. The van der Waals surface area contributed by atoms with Crippen LogP contribution in [0, 0.1) is 0 Å². The monoisotopic (exact) mass is 301 g/mol. The first-order valence-corrected chi connectivity index (χ1v) is 7.96. The van der Waals surface area contributed by atoms with Crippen molar-refractivity contribution in [1.29, 1.82) is 0 Å². The molecule has 0 atom stereocenters. The Hall–Kier alpha value is -1.78. The predicted molar refractivity (Wildman–Crippen MR) is 87.2 cm³/mol. The lowest BCUT2D eigenvalue weighted by Crippen LogP contribution is -2.17. The van der Waals surface area contributed by atoms with Crippen LogP contribution in [0.4, 0.5) is 0 Å². The van der Waals surface area contributed by atoms with Gasteiger partial charge in [-0.15, -0.1) is 0 Å². The Kier molecular flexibility index (Phi) is 5.84. The Morgan fingerprint density at radius 2 is 1.71 bits per heavy atom. The van der Waals surface area contributed by atoms with Crippen molar-refractivity contribution in [2.45, 2.75) is 18.1 Å². The molecule has 4 heteroatoms. The van der Waals surface area contributed by atoms with Gasteiger partial charge in [-0.2, -0.15) is 11.8 Å². The van der Waals surface area contributed by atoms with Gasteiger partial charge in [-0.05, 0) is 28.8 Å². The number of aliphatic hydroxyl groups excluding tert-OH is 1. The van der Waals surface area contributed by atoms with Crippen LogP contribution in [0.3, 0.4) is 0 Å². The fourth-order valence-corrected chi connectivity index (χ4v) is 2.92. The SMILES string of the molecule is CNC(=O)c1cccc(CSCc2ccc(CO)cc2)c1. The van der Waals surface area contributed by atoms with Gasteiger partial charge in [0.25, 0.3) is 5.91 Å². The molecule has 0 heterocycles. The van der Waals surface area contributed by atoms with Crippen molar-refractivity contribution in [3.8, 4) is 0 Å². The van der Waals surface area contributed by atoms with Gasteiger partial charge >= 0.3 is 0 Å². The summed E-state index contributed by atoms with van der Waals surface area (Å²) in [6.07, 6.45) is 0. The average molecular weight is 301 g/mol. The Bertz CT molecular complexity index is 596. The molecule has 0 unspecified atom stereocenters. The van der Waals surface area contributed by atoms with Crippen LogP contribution in [0.5, 0.6) is 0 Å². The summed E-state index contributed by atoms with van der Waals surface area (Å²) in [6.45, 7) is 0.0830. The molecule has 3 nitrogen and oxygen atoms in total. The van der Waals surface area contributed by atoms with E-state index in [9.17, 15) is 4.79 Å². The Morgan fingerprint density at radius 3 is 2.38 bits per heavy atom. The zero-order valence-electron chi connectivity index (χ0n) is 12.0. The van der Waals surface area contributed by atoms with Gasteiger partial charge in [-0.1, -0.05) is 36.4 Å². The number of rotatable bonds is 6. The van der Waals surface area contributed by atoms with Gasteiger partial charge in [-0.3, -0.25) is 4.79 Å². The molecule has 2 N–H and O–H groups in total. The van der Waals surface area contributed by atoms with Gasteiger partial charge in [0, 0.05) is 24.1 Å². The number of carbonyl (C=O) groups excluding carboxylic acids is 1. The molecule has 0 aliphatic carbocycles. The minimum absolute atomic E-state index is 0.0542. The highest BCUT2D eigenvalue weighted by Crippen LogP contribution is 2.19. The zero-order valence-corrected chi connectivity index (χ0v) is 12.8. The fourth-order valence-electron chi connectivity index (χ4n) is 1.97. The third kappa shape index (κ3) is 4.62. The zero-order chi connectivity index (χ0) is 15.1. The molecule has 0 radical (unpaired) electrons. The van der Waals surface area contributed by atoms with Gasteiger partial charge in [0.05, 0.1) is 6.61 Å². The number of amides is 1. The summed E-state index contributed by atoms with van der Waals surface area (Å²) in [4.78, 5) is 11.6.